The summed E-state index contributed by atoms with van der Waals surface area (Å²) in [6.45, 7) is 11.0. The number of sulfonamides is 1. The van der Waals surface area contributed by atoms with E-state index in [4.69, 9.17) is 0 Å². The Balaban J connectivity index is 3.15. The lowest BCUT2D eigenvalue weighted by molar-refractivity contribution is 0.319. The smallest absolute Gasteiger partial charge is 0.243 e. The molecule has 20 heavy (non-hydrogen) atoms. The Labute approximate surface area is 122 Å². The van der Waals surface area contributed by atoms with Crippen LogP contribution in [0.15, 0.2) is 23.2 Å². The lowest BCUT2D eigenvalue weighted by Gasteiger charge is -2.27. The molecule has 1 rings (SSSR count). The molecule has 0 radical (unpaired) electrons. The zero-order valence-corrected chi connectivity index (χ0v) is 13.7. The Morgan fingerprint density at radius 2 is 1.95 bits per heavy atom. The van der Waals surface area contributed by atoms with E-state index >= 15 is 0 Å². The van der Waals surface area contributed by atoms with Gasteiger partial charge in [-0.3, -0.25) is 0 Å². The first-order valence-electron chi connectivity index (χ1n) is 7.00. The zero-order chi connectivity index (χ0) is 15.3. The van der Waals surface area contributed by atoms with Crippen LogP contribution in [0.4, 0.5) is 5.82 Å². The molecule has 5 nitrogen and oxygen atoms in total. The number of anilines is 1. The fourth-order valence-electron chi connectivity index (χ4n) is 1.93. The van der Waals surface area contributed by atoms with E-state index in [0.717, 1.165) is 0 Å². The molecule has 0 amide bonds. The summed E-state index contributed by atoms with van der Waals surface area (Å²) in [4.78, 5) is 4.40. The number of nitrogens with zero attached hydrogens (tertiary/aromatic N) is 2. The molecule has 0 spiro atoms. The molecule has 1 N–H and O–H groups in total. The van der Waals surface area contributed by atoms with Gasteiger partial charge in [-0.1, -0.05) is 13.8 Å². The fourth-order valence-corrected chi connectivity index (χ4v) is 3.74. The molecule has 0 aromatic carbocycles. The minimum atomic E-state index is -3.48. The Morgan fingerprint density at radius 3 is 2.45 bits per heavy atom. The van der Waals surface area contributed by atoms with Gasteiger partial charge in [-0.05, 0) is 32.8 Å². The van der Waals surface area contributed by atoms with Crippen LogP contribution in [0.25, 0.3) is 0 Å². The minimum Gasteiger partial charge on any atom is -0.370 e. The van der Waals surface area contributed by atoms with Gasteiger partial charge in [0.05, 0.1) is 4.90 Å². The number of hydrogen-bond donors (Lipinski definition) is 1. The number of rotatable bonds is 7. The lowest BCUT2D eigenvalue weighted by atomic mass is 10.2. The van der Waals surface area contributed by atoms with Crippen molar-refractivity contribution in [1.82, 2.24) is 9.29 Å². The molecule has 1 aromatic heterocycles. The van der Waals surface area contributed by atoms with Crippen molar-refractivity contribution >= 4 is 15.8 Å². The first-order chi connectivity index (χ1) is 9.28. The highest BCUT2D eigenvalue weighted by molar-refractivity contribution is 7.89. The highest BCUT2D eigenvalue weighted by atomic mass is 32.2. The lowest BCUT2D eigenvalue weighted by Crippen LogP contribution is -2.39. The predicted molar refractivity (Wildman–Crippen MR) is 82.3 cm³/mol. The maximum Gasteiger partial charge on any atom is 0.243 e. The summed E-state index contributed by atoms with van der Waals surface area (Å²) in [5.41, 5.74) is 0. The van der Waals surface area contributed by atoms with Crippen molar-refractivity contribution in [2.24, 2.45) is 5.92 Å². The summed E-state index contributed by atoms with van der Waals surface area (Å²) < 4.78 is 27.0. The topological polar surface area (TPSA) is 62.3 Å². The molecule has 0 atom stereocenters. The Bertz CT molecular complexity index is 527. The monoisotopic (exact) mass is 299 g/mol. The highest BCUT2D eigenvalue weighted by Gasteiger charge is 2.27. The maximum atomic E-state index is 12.7. The molecule has 0 aliphatic heterocycles. The number of nitrogens with one attached hydrogen (secondary N) is 1. The second-order valence-electron chi connectivity index (χ2n) is 5.47. The van der Waals surface area contributed by atoms with E-state index in [1.807, 2.05) is 34.6 Å². The van der Waals surface area contributed by atoms with Gasteiger partial charge in [0.15, 0.2) is 0 Å². The van der Waals surface area contributed by atoms with Crippen molar-refractivity contribution in [2.75, 3.05) is 18.4 Å². The largest absolute Gasteiger partial charge is 0.370 e. The Morgan fingerprint density at radius 1 is 1.30 bits per heavy atom. The molecule has 0 fully saturated rings. The minimum absolute atomic E-state index is 0.0712. The number of hydrogen-bond acceptors (Lipinski definition) is 4. The van der Waals surface area contributed by atoms with Crippen LogP contribution in [0, 0.1) is 5.92 Å². The van der Waals surface area contributed by atoms with E-state index < -0.39 is 10.0 Å². The van der Waals surface area contributed by atoms with Gasteiger partial charge >= 0.3 is 0 Å². The third-order valence-electron chi connectivity index (χ3n) is 2.82. The van der Waals surface area contributed by atoms with Crippen LogP contribution >= 0.6 is 0 Å². The van der Waals surface area contributed by atoms with E-state index in [1.54, 1.807) is 16.4 Å². The summed E-state index contributed by atoms with van der Waals surface area (Å²) in [7, 11) is -3.48. The van der Waals surface area contributed by atoms with Crippen LogP contribution in [0.2, 0.25) is 0 Å². The van der Waals surface area contributed by atoms with Crippen LogP contribution < -0.4 is 5.32 Å². The van der Waals surface area contributed by atoms with Crippen molar-refractivity contribution in [3.8, 4) is 0 Å². The van der Waals surface area contributed by atoms with E-state index in [2.05, 4.69) is 10.3 Å². The van der Waals surface area contributed by atoms with Crippen LogP contribution in [-0.4, -0.2) is 36.8 Å². The van der Waals surface area contributed by atoms with Crippen LogP contribution in [-0.2, 0) is 10.0 Å². The van der Waals surface area contributed by atoms with Gasteiger partial charge in [-0.15, -0.1) is 0 Å². The van der Waals surface area contributed by atoms with Gasteiger partial charge in [-0.25, -0.2) is 13.4 Å². The molecular weight excluding hydrogens is 274 g/mol. The van der Waals surface area contributed by atoms with Gasteiger partial charge in [0.25, 0.3) is 0 Å². The number of pyridine rings is 1. The summed E-state index contributed by atoms with van der Waals surface area (Å²) in [5, 5.41) is 3.03. The third-order valence-corrected chi connectivity index (χ3v) is 4.85. The standard InChI is InChI=1S/C14H25N3O2S/c1-6-15-14-9-13(7-8-16-14)20(18,19)17(12(4)5)10-11(2)3/h7-9,11-12H,6,10H2,1-5H3,(H,15,16). The first kappa shape index (κ1) is 16.9. The molecule has 6 heteroatoms. The predicted octanol–water partition coefficient (Wildman–Crippen LogP) is 2.57. The molecule has 0 bridgehead atoms. The molecule has 0 aliphatic carbocycles. The van der Waals surface area contributed by atoms with E-state index in [9.17, 15) is 8.42 Å². The first-order valence-corrected chi connectivity index (χ1v) is 8.44. The SMILES string of the molecule is CCNc1cc(S(=O)(=O)N(CC(C)C)C(C)C)ccn1. The molecule has 1 aromatic rings. The zero-order valence-electron chi connectivity index (χ0n) is 12.9. The Hall–Kier alpha value is -1.14. The van der Waals surface area contributed by atoms with Crippen molar-refractivity contribution in [2.45, 2.75) is 45.6 Å². The van der Waals surface area contributed by atoms with Crippen LogP contribution in [0.1, 0.15) is 34.6 Å². The van der Waals surface area contributed by atoms with Gasteiger partial charge in [0.1, 0.15) is 5.82 Å². The molecule has 0 saturated heterocycles. The normalized spacial score (nSPS) is 12.4. The number of aromatic nitrogens is 1. The second-order valence-corrected chi connectivity index (χ2v) is 7.36. The van der Waals surface area contributed by atoms with Gasteiger partial charge in [0, 0.05) is 31.4 Å². The maximum absolute atomic E-state index is 12.7. The van der Waals surface area contributed by atoms with Gasteiger partial charge in [-0.2, -0.15) is 4.31 Å². The van der Waals surface area contributed by atoms with Crippen molar-refractivity contribution in [3.05, 3.63) is 18.3 Å². The van der Waals surface area contributed by atoms with Crippen molar-refractivity contribution < 1.29 is 8.42 Å². The second kappa shape index (κ2) is 7.04. The van der Waals surface area contributed by atoms with Crippen molar-refractivity contribution in [1.29, 1.82) is 0 Å². The summed E-state index contributed by atoms with van der Waals surface area (Å²) in [5.74, 6) is 0.865. The molecule has 0 unspecified atom stereocenters. The summed E-state index contributed by atoms with van der Waals surface area (Å²) in [6, 6.07) is 3.07. The molecule has 1 heterocycles. The van der Waals surface area contributed by atoms with Gasteiger partial charge < -0.3 is 5.32 Å². The quantitative estimate of drug-likeness (QED) is 0.840. The average Bonchev–Trinajstić information content (AvgIpc) is 2.36. The molecule has 0 saturated carbocycles. The molecule has 0 aliphatic rings. The van der Waals surface area contributed by atoms with E-state index in [1.165, 1.54) is 6.20 Å². The molecule has 114 valence electrons. The third kappa shape index (κ3) is 4.18. The average molecular weight is 299 g/mol. The van der Waals surface area contributed by atoms with Crippen molar-refractivity contribution in [3.63, 3.8) is 0 Å². The molecular formula is C14H25N3O2S. The summed E-state index contributed by atoms with van der Waals surface area (Å²) in [6.07, 6.45) is 1.53. The van der Waals surface area contributed by atoms with Crippen LogP contribution in [0.3, 0.4) is 0 Å². The van der Waals surface area contributed by atoms with Gasteiger partial charge in [0.2, 0.25) is 10.0 Å². The summed E-state index contributed by atoms with van der Waals surface area (Å²) >= 11 is 0. The Kier molecular flexibility index (Phi) is 5.95. The van der Waals surface area contributed by atoms with Crippen LogP contribution in [0.5, 0.6) is 0 Å². The van der Waals surface area contributed by atoms with E-state index in [0.29, 0.717) is 18.9 Å². The fraction of sp³-hybridized carbons (Fsp3) is 0.643. The highest BCUT2D eigenvalue weighted by Crippen LogP contribution is 2.21. The van der Waals surface area contributed by atoms with E-state index in [-0.39, 0.29) is 16.9 Å².